The molecule has 26 heavy (non-hydrogen) atoms. The van der Waals surface area contributed by atoms with E-state index in [4.69, 9.17) is 10.2 Å². The van der Waals surface area contributed by atoms with Crippen LogP contribution in [0.5, 0.6) is 0 Å². The first-order valence-corrected chi connectivity index (χ1v) is 7.78. The highest BCUT2D eigenvalue weighted by atomic mass is 32.1. The number of esters is 4. The number of carbonyl (C=O) groups is 4. The van der Waals surface area contributed by atoms with Gasteiger partial charge in [-0.15, -0.1) is 25.3 Å². The van der Waals surface area contributed by atoms with Crippen molar-refractivity contribution in [2.45, 2.75) is 23.1 Å². The molecule has 0 heterocycles. The van der Waals surface area contributed by atoms with Crippen molar-refractivity contribution < 1.29 is 49.1 Å². The van der Waals surface area contributed by atoms with Gasteiger partial charge in [0, 0.05) is 0 Å². The Morgan fingerprint density at radius 2 is 0.962 bits per heavy atom. The van der Waals surface area contributed by atoms with E-state index in [0.29, 0.717) is 0 Å². The summed E-state index contributed by atoms with van der Waals surface area (Å²) in [6, 6.07) is 4.24. The number of thiol groups is 2. The highest BCUT2D eigenvalue weighted by Crippen LogP contribution is 2.10. The van der Waals surface area contributed by atoms with Crippen molar-refractivity contribution in [3.8, 4) is 0 Å². The average molecular weight is 406 g/mol. The van der Waals surface area contributed by atoms with E-state index in [9.17, 15) is 29.4 Å². The lowest BCUT2D eigenvalue weighted by molar-refractivity contribution is -0.151. The molecule has 0 aliphatic rings. The molecule has 0 amide bonds. The van der Waals surface area contributed by atoms with Gasteiger partial charge < -0.3 is 29.9 Å². The predicted molar refractivity (Wildman–Crippen MR) is 89.3 cm³/mol. The second-order valence-electron chi connectivity index (χ2n) is 4.71. The van der Waals surface area contributed by atoms with Crippen molar-refractivity contribution >= 4 is 49.1 Å². The molecule has 4 N–H and O–H groups in total. The summed E-state index contributed by atoms with van der Waals surface area (Å²) >= 11 is 6.82. The van der Waals surface area contributed by atoms with Crippen molar-refractivity contribution in [3.05, 3.63) is 35.4 Å². The largest absolute Gasteiger partial charge is 0.387 e. The summed E-state index contributed by atoms with van der Waals surface area (Å²) in [5.41, 5.74) is -3.85. The van der Waals surface area contributed by atoms with E-state index in [-0.39, 0.29) is 11.1 Å². The zero-order valence-corrected chi connectivity index (χ0v) is 14.5. The highest BCUT2D eigenvalue weighted by Gasteiger charge is 2.27. The number of carbonyl (C=O) groups excluding carboxylic acids is 4. The molecule has 1 aromatic carbocycles. The summed E-state index contributed by atoms with van der Waals surface area (Å²) in [6.07, 6.45) is -4.06. The van der Waals surface area contributed by atoms with E-state index in [1.165, 1.54) is 0 Å². The minimum absolute atomic E-state index is 0.187. The molecular weight excluding hydrogens is 392 g/mol. The van der Waals surface area contributed by atoms with Gasteiger partial charge in [0.25, 0.3) is 0 Å². The fraction of sp³-hybridized carbons (Fsp3) is 0.286. The van der Waals surface area contributed by atoms with Crippen molar-refractivity contribution in [3.63, 3.8) is 0 Å². The molecular formula is C14H14O10S2. The van der Waals surface area contributed by atoms with E-state index >= 15 is 0 Å². The maximum Gasteiger partial charge on any atom is 0.346 e. The van der Waals surface area contributed by atoms with Crippen LogP contribution in [0.1, 0.15) is 20.7 Å². The summed E-state index contributed by atoms with van der Waals surface area (Å²) in [4.78, 5) is 46.0. The SMILES string of the molecule is O=C(OC(=O)C(O)C(O)S)c1ccc(C(=O)OC(=O)C(O)C(O)S)cc1. The molecule has 10 nitrogen and oxygen atoms in total. The number of hydrogen-bond donors (Lipinski definition) is 6. The topological polar surface area (TPSA) is 168 Å². The third-order valence-electron chi connectivity index (χ3n) is 2.79. The van der Waals surface area contributed by atoms with Gasteiger partial charge in [-0.3, -0.25) is 0 Å². The molecule has 0 fully saturated rings. The molecule has 0 aromatic heterocycles. The minimum atomic E-state index is -2.03. The Morgan fingerprint density at radius 1 is 0.692 bits per heavy atom. The number of rotatable bonds is 6. The van der Waals surface area contributed by atoms with Crippen LogP contribution in [0.4, 0.5) is 0 Å². The Hall–Kier alpha value is -1.96. The van der Waals surface area contributed by atoms with Crippen LogP contribution < -0.4 is 0 Å². The lowest BCUT2D eigenvalue weighted by Crippen LogP contribution is -2.33. The number of aliphatic hydroxyl groups excluding tert-OH is 4. The Labute approximate surface area is 157 Å². The summed E-state index contributed by atoms with van der Waals surface area (Å²) in [5, 5.41) is 36.2. The summed E-state index contributed by atoms with van der Waals surface area (Å²) in [6.45, 7) is 0. The highest BCUT2D eigenvalue weighted by molar-refractivity contribution is 7.81. The van der Waals surface area contributed by atoms with E-state index in [1.807, 2.05) is 0 Å². The van der Waals surface area contributed by atoms with Gasteiger partial charge in [-0.2, -0.15) is 0 Å². The predicted octanol–water partition coefficient (Wildman–Crippen LogP) is -1.73. The Morgan fingerprint density at radius 3 is 1.19 bits per heavy atom. The quantitative estimate of drug-likeness (QED) is 0.138. The van der Waals surface area contributed by atoms with E-state index in [0.717, 1.165) is 24.3 Å². The first-order valence-electron chi connectivity index (χ1n) is 6.75. The van der Waals surface area contributed by atoms with Gasteiger partial charge in [0.2, 0.25) is 0 Å². The van der Waals surface area contributed by atoms with Gasteiger partial charge >= 0.3 is 23.9 Å². The van der Waals surface area contributed by atoms with E-state index < -0.39 is 47.0 Å². The van der Waals surface area contributed by atoms with Crippen molar-refractivity contribution in [1.29, 1.82) is 0 Å². The average Bonchev–Trinajstić information content (AvgIpc) is 2.59. The normalized spacial score (nSPS) is 15.3. The van der Waals surface area contributed by atoms with Crippen molar-refractivity contribution in [1.82, 2.24) is 0 Å². The fourth-order valence-corrected chi connectivity index (χ4v) is 1.65. The maximum atomic E-state index is 11.7. The molecule has 0 aliphatic carbocycles. The third kappa shape index (κ3) is 6.09. The van der Waals surface area contributed by atoms with Crippen LogP contribution in [0, 0.1) is 0 Å². The van der Waals surface area contributed by atoms with Crippen molar-refractivity contribution in [2.24, 2.45) is 0 Å². The Kier molecular flexibility index (Phi) is 8.20. The van der Waals surface area contributed by atoms with Gasteiger partial charge in [0.1, 0.15) is 10.9 Å². The van der Waals surface area contributed by atoms with Crippen LogP contribution in [-0.4, -0.2) is 67.4 Å². The molecule has 4 unspecified atom stereocenters. The Balaban J connectivity index is 2.73. The summed E-state index contributed by atoms with van der Waals surface area (Å²) < 4.78 is 8.61. The van der Waals surface area contributed by atoms with Gasteiger partial charge in [-0.05, 0) is 24.3 Å². The molecule has 4 atom stereocenters. The molecule has 0 saturated heterocycles. The second-order valence-corrected chi connectivity index (χ2v) is 5.77. The smallest absolute Gasteiger partial charge is 0.346 e. The zero-order chi connectivity index (χ0) is 20.0. The van der Waals surface area contributed by atoms with Crippen LogP contribution >= 0.6 is 25.3 Å². The number of ether oxygens (including phenoxy) is 2. The molecule has 0 radical (unpaired) electrons. The lowest BCUT2D eigenvalue weighted by atomic mass is 10.1. The van der Waals surface area contributed by atoms with Crippen LogP contribution in [0.2, 0.25) is 0 Å². The monoisotopic (exact) mass is 406 g/mol. The third-order valence-corrected chi connectivity index (χ3v) is 3.36. The van der Waals surface area contributed by atoms with E-state index in [2.05, 4.69) is 34.7 Å². The van der Waals surface area contributed by atoms with Gasteiger partial charge in [-0.25, -0.2) is 19.2 Å². The molecule has 0 aliphatic heterocycles. The fourth-order valence-electron chi connectivity index (χ4n) is 1.41. The molecule has 142 valence electrons. The van der Waals surface area contributed by atoms with Crippen LogP contribution in [-0.2, 0) is 19.1 Å². The summed E-state index contributed by atoms with van der Waals surface area (Å²) in [5.74, 6) is -5.20. The molecule has 12 heteroatoms. The van der Waals surface area contributed by atoms with Gasteiger partial charge in [0.05, 0.1) is 11.1 Å². The van der Waals surface area contributed by atoms with Gasteiger partial charge in [0.15, 0.2) is 12.2 Å². The number of hydrogen-bond acceptors (Lipinski definition) is 12. The molecule has 1 rings (SSSR count). The standard InChI is InChI=1S/C14H14O10S2/c15-7(13(21)25)11(19)23-9(17)5-1-2-6(4-3-5)10(18)24-12(20)8(16)14(22)26/h1-4,7-8,13-16,21-22,25-26H. The molecule has 1 aromatic rings. The zero-order valence-electron chi connectivity index (χ0n) is 12.8. The number of benzene rings is 1. The molecule has 0 saturated carbocycles. The first kappa shape index (κ1) is 22.1. The molecule has 0 spiro atoms. The minimum Gasteiger partial charge on any atom is -0.387 e. The Bertz CT molecular complexity index is 626. The molecule has 0 bridgehead atoms. The van der Waals surface area contributed by atoms with Crippen LogP contribution in [0.15, 0.2) is 24.3 Å². The maximum absolute atomic E-state index is 11.7. The van der Waals surface area contributed by atoms with Gasteiger partial charge in [-0.1, -0.05) is 0 Å². The second kappa shape index (κ2) is 9.66. The van der Waals surface area contributed by atoms with Crippen molar-refractivity contribution in [2.75, 3.05) is 0 Å². The van der Waals surface area contributed by atoms with E-state index in [1.54, 1.807) is 0 Å². The summed E-state index contributed by atoms with van der Waals surface area (Å²) in [7, 11) is 0. The van der Waals surface area contributed by atoms with Crippen LogP contribution in [0.25, 0.3) is 0 Å². The lowest BCUT2D eigenvalue weighted by Gasteiger charge is -2.11. The van der Waals surface area contributed by atoms with Crippen LogP contribution in [0.3, 0.4) is 0 Å². The number of aliphatic hydroxyl groups is 4. The first-order chi connectivity index (χ1) is 12.0.